The van der Waals surface area contributed by atoms with Crippen LogP contribution in [0.5, 0.6) is 0 Å². The quantitative estimate of drug-likeness (QED) is 0.782. The molecule has 4 rings (SSSR count). The molecule has 1 saturated heterocycles. The summed E-state index contributed by atoms with van der Waals surface area (Å²) in [6.07, 6.45) is 4.85. The zero-order valence-electron chi connectivity index (χ0n) is 17.2. The molecule has 3 heterocycles. The summed E-state index contributed by atoms with van der Waals surface area (Å²) < 4.78 is 0. The Morgan fingerprint density at radius 2 is 1.97 bits per heavy atom. The van der Waals surface area contributed by atoms with Gasteiger partial charge in [-0.15, -0.1) is 0 Å². The van der Waals surface area contributed by atoms with Crippen LogP contribution in [0.3, 0.4) is 0 Å². The van der Waals surface area contributed by atoms with E-state index >= 15 is 0 Å². The van der Waals surface area contributed by atoms with Crippen LogP contribution in [0.2, 0.25) is 0 Å². The molecule has 1 aromatic carbocycles. The fraction of sp³-hybridized carbons (Fsp3) is 0.478. The molecule has 2 aromatic rings. The van der Waals surface area contributed by atoms with Gasteiger partial charge in [0, 0.05) is 37.7 Å². The molecule has 0 unspecified atom stereocenters. The Bertz CT molecular complexity index is 913. The van der Waals surface area contributed by atoms with Gasteiger partial charge in [0.1, 0.15) is 5.82 Å². The number of rotatable bonds is 5. The highest BCUT2D eigenvalue weighted by atomic mass is 16.2. The molecule has 1 fully saturated rings. The van der Waals surface area contributed by atoms with Gasteiger partial charge in [0.2, 0.25) is 11.8 Å². The summed E-state index contributed by atoms with van der Waals surface area (Å²) in [7, 11) is 0. The van der Waals surface area contributed by atoms with Crippen molar-refractivity contribution >= 4 is 17.6 Å². The first-order valence-corrected chi connectivity index (χ1v) is 10.5. The van der Waals surface area contributed by atoms with E-state index in [0.29, 0.717) is 25.2 Å². The molecule has 2 aliphatic rings. The van der Waals surface area contributed by atoms with Crippen LogP contribution >= 0.6 is 0 Å². The van der Waals surface area contributed by atoms with Crippen LogP contribution in [0.15, 0.2) is 30.3 Å². The van der Waals surface area contributed by atoms with E-state index in [1.54, 1.807) is 6.92 Å². The molecule has 0 aliphatic carbocycles. The highest BCUT2D eigenvalue weighted by Crippen LogP contribution is 2.34. The molecule has 0 spiro atoms. The number of aryl methyl sites for hydroxylation is 2. The van der Waals surface area contributed by atoms with Gasteiger partial charge in [-0.25, -0.2) is 9.97 Å². The lowest BCUT2D eigenvalue weighted by atomic mass is 10.0. The summed E-state index contributed by atoms with van der Waals surface area (Å²) in [6, 6.07) is 10.3. The standard InChI is InChI=1S/C23H28N4O2/c1-16-19-12-13-21(29)27(15-6-10-18-8-4-3-5-9-18)23(19)25-22(24-16)20-11-7-14-26(20)17(2)28/h3-5,8-9,20H,6-7,10-15H2,1-2H3/t20-/m1/s1. The number of carbonyl (C=O) groups is 2. The van der Waals surface area contributed by atoms with Crippen molar-refractivity contribution in [2.75, 3.05) is 18.0 Å². The molecule has 29 heavy (non-hydrogen) atoms. The minimum atomic E-state index is -0.0836. The molecule has 0 bridgehead atoms. The van der Waals surface area contributed by atoms with Crippen LogP contribution in [-0.4, -0.2) is 39.8 Å². The van der Waals surface area contributed by atoms with Gasteiger partial charge in [-0.2, -0.15) is 0 Å². The number of hydrogen-bond acceptors (Lipinski definition) is 4. The fourth-order valence-corrected chi connectivity index (χ4v) is 4.48. The summed E-state index contributed by atoms with van der Waals surface area (Å²) >= 11 is 0. The number of carbonyl (C=O) groups excluding carboxylic acids is 2. The average molecular weight is 393 g/mol. The van der Waals surface area contributed by atoms with E-state index in [4.69, 9.17) is 9.97 Å². The zero-order chi connectivity index (χ0) is 20.4. The van der Waals surface area contributed by atoms with Crippen LogP contribution in [0.1, 0.15) is 61.3 Å². The molecule has 1 atom stereocenters. The van der Waals surface area contributed by atoms with Crippen molar-refractivity contribution in [3.8, 4) is 0 Å². The van der Waals surface area contributed by atoms with E-state index in [-0.39, 0.29) is 17.9 Å². The van der Waals surface area contributed by atoms with Crippen LogP contribution in [0.25, 0.3) is 0 Å². The van der Waals surface area contributed by atoms with E-state index in [1.807, 2.05) is 34.9 Å². The number of fused-ring (bicyclic) bond motifs is 1. The van der Waals surface area contributed by atoms with E-state index in [1.165, 1.54) is 5.56 Å². The van der Waals surface area contributed by atoms with Crippen LogP contribution < -0.4 is 4.90 Å². The number of aromatic nitrogens is 2. The molecular weight excluding hydrogens is 364 g/mol. The summed E-state index contributed by atoms with van der Waals surface area (Å²) in [5.74, 6) is 1.62. The SMILES string of the molecule is CC(=O)N1CCC[C@@H]1c1nc(C)c2c(n1)N(CCCc1ccccc1)C(=O)CC2. The molecule has 152 valence electrons. The molecule has 0 radical (unpaired) electrons. The van der Waals surface area contributed by atoms with Crippen molar-refractivity contribution in [2.24, 2.45) is 0 Å². The van der Waals surface area contributed by atoms with Crippen LogP contribution in [0.4, 0.5) is 5.82 Å². The maximum atomic E-state index is 12.7. The highest BCUT2D eigenvalue weighted by Gasteiger charge is 2.33. The van der Waals surface area contributed by atoms with Crippen molar-refractivity contribution in [1.29, 1.82) is 0 Å². The third kappa shape index (κ3) is 4.02. The van der Waals surface area contributed by atoms with Crippen molar-refractivity contribution in [2.45, 2.75) is 58.4 Å². The van der Waals surface area contributed by atoms with Crippen LogP contribution in [-0.2, 0) is 22.4 Å². The van der Waals surface area contributed by atoms with Crippen molar-refractivity contribution in [3.05, 3.63) is 53.0 Å². The molecule has 1 aromatic heterocycles. The van der Waals surface area contributed by atoms with Gasteiger partial charge in [-0.1, -0.05) is 30.3 Å². The number of hydrogen-bond donors (Lipinski definition) is 0. The maximum absolute atomic E-state index is 12.7. The normalized spacial score (nSPS) is 18.8. The van der Waals surface area contributed by atoms with Gasteiger partial charge in [0.25, 0.3) is 0 Å². The lowest BCUT2D eigenvalue weighted by Crippen LogP contribution is -2.38. The summed E-state index contributed by atoms with van der Waals surface area (Å²) in [4.78, 5) is 38.0. The first-order chi connectivity index (χ1) is 14.0. The Hall–Kier alpha value is -2.76. The number of likely N-dealkylation sites (tertiary alicyclic amines) is 1. The van der Waals surface area contributed by atoms with E-state index < -0.39 is 0 Å². The Morgan fingerprint density at radius 1 is 1.17 bits per heavy atom. The highest BCUT2D eigenvalue weighted by molar-refractivity contribution is 5.95. The Kier molecular flexibility index (Phi) is 5.60. The lowest BCUT2D eigenvalue weighted by molar-refractivity contribution is -0.129. The minimum absolute atomic E-state index is 0.0577. The summed E-state index contributed by atoms with van der Waals surface area (Å²) in [5.41, 5.74) is 3.28. The van der Waals surface area contributed by atoms with Crippen LogP contribution in [0, 0.1) is 6.92 Å². The molecule has 2 aliphatic heterocycles. The third-order valence-corrected chi connectivity index (χ3v) is 6.00. The lowest BCUT2D eigenvalue weighted by Gasteiger charge is -2.31. The second kappa shape index (κ2) is 8.31. The van der Waals surface area contributed by atoms with E-state index in [9.17, 15) is 9.59 Å². The summed E-state index contributed by atoms with van der Waals surface area (Å²) in [5, 5.41) is 0. The second-order valence-corrected chi connectivity index (χ2v) is 7.97. The minimum Gasteiger partial charge on any atom is -0.333 e. The van der Waals surface area contributed by atoms with E-state index in [0.717, 1.165) is 49.3 Å². The molecule has 6 nitrogen and oxygen atoms in total. The van der Waals surface area contributed by atoms with Gasteiger partial charge in [-0.05, 0) is 44.6 Å². The fourth-order valence-electron chi connectivity index (χ4n) is 4.48. The average Bonchev–Trinajstić information content (AvgIpc) is 3.20. The number of benzene rings is 1. The van der Waals surface area contributed by atoms with Gasteiger partial charge in [-0.3, -0.25) is 14.5 Å². The van der Waals surface area contributed by atoms with Crippen molar-refractivity contribution < 1.29 is 9.59 Å². The third-order valence-electron chi connectivity index (χ3n) is 6.00. The smallest absolute Gasteiger partial charge is 0.228 e. The maximum Gasteiger partial charge on any atom is 0.228 e. The van der Waals surface area contributed by atoms with Gasteiger partial charge in [0.05, 0.1) is 6.04 Å². The Labute approximate surface area is 172 Å². The zero-order valence-corrected chi connectivity index (χ0v) is 17.2. The Morgan fingerprint density at radius 3 is 2.72 bits per heavy atom. The second-order valence-electron chi connectivity index (χ2n) is 7.97. The number of nitrogens with zero attached hydrogens (tertiary/aromatic N) is 4. The van der Waals surface area contributed by atoms with Gasteiger partial charge >= 0.3 is 0 Å². The predicted molar refractivity (Wildman–Crippen MR) is 112 cm³/mol. The predicted octanol–water partition coefficient (Wildman–Crippen LogP) is 3.38. The van der Waals surface area contributed by atoms with Crippen molar-refractivity contribution in [3.63, 3.8) is 0 Å². The first-order valence-electron chi connectivity index (χ1n) is 10.5. The van der Waals surface area contributed by atoms with Gasteiger partial charge in [0.15, 0.2) is 5.82 Å². The molecule has 6 heteroatoms. The summed E-state index contributed by atoms with van der Waals surface area (Å²) in [6.45, 7) is 4.99. The van der Waals surface area contributed by atoms with Crippen molar-refractivity contribution in [1.82, 2.24) is 14.9 Å². The number of anilines is 1. The topological polar surface area (TPSA) is 66.4 Å². The molecule has 0 N–H and O–H groups in total. The number of amides is 2. The Balaban J connectivity index is 1.58. The first kappa shape index (κ1) is 19.6. The molecule has 0 saturated carbocycles. The molecule has 2 amide bonds. The largest absolute Gasteiger partial charge is 0.333 e. The van der Waals surface area contributed by atoms with Gasteiger partial charge < -0.3 is 4.90 Å². The monoisotopic (exact) mass is 392 g/mol. The van der Waals surface area contributed by atoms with E-state index in [2.05, 4.69) is 12.1 Å². The molecular formula is C23H28N4O2.